The zero-order valence-corrected chi connectivity index (χ0v) is 16.4. The summed E-state index contributed by atoms with van der Waals surface area (Å²) in [5.41, 5.74) is 4.21. The number of hydrogen-bond donors (Lipinski definition) is 2. The first-order valence-electron chi connectivity index (χ1n) is 9.93. The molecule has 1 saturated carbocycles. The molecule has 0 bridgehead atoms. The minimum Gasteiger partial charge on any atom is -0.492 e. The Hall–Kier alpha value is -3.81. The number of aromatic nitrogens is 5. The lowest BCUT2D eigenvalue weighted by molar-refractivity contribution is -0.117. The number of hydrogen-bond acceptors (Lipinski definition) is 6. The van der Waals surface area contributed by atoms with Gasteiger partial charge in [0.2, 0.25) is 5.91 Å². The number of aromatic amines is 1. The predicted molar refractivity (Wildman–Crippen MR) is 113 cm³/mol. The molecule has 2 aromatic carbocycles. The van der Waals surface area contributed by atoms with Crippen molar-refractivity contribution in [3.63, 3.8) is 0 Å². The molecule has 5 rings (SSSR count). The Kier molecular flexibility index (Phi) is 4.59. The van der Waals surface area contributed by atoms with Crippen molar-refractivity contribution in [1.82, 2.24) is 25.4 Å². The molecule has 0 atom stereocenters. The van der Waals surface area contributed by atoms with E-state index in [1.807, 2.05) is 49.4 Å². The van der Waals surface area contributed by atoms with Crippen LogP contribution in [-0.2, 0) is 4.79 Å². The largest absolute Gasteiger partial charge is 0.492 e. The topological polar surface area (TPSA) is 106 Å². The zero-order chi connectivity index (χ0) is 20.5. The van der Waals surface area contributed by atoms with Crippen LogP contribution >= 0.6 is 0 Å². The van der Waals surface area contributed by atoms with Gasteiger partial charge in [-0.1, -0.05) is 30.3 Å². The maximum Gasteiger partial charge on any atom is 0.227 e. The average molecular weight is 400 g/mol. The fourth-order valence-electron chi connectivity index (χ4n) is 3.42. The first-order valence-corrected chi connectivity index (χ1v) is 9.93. The fraction of sp³-hybridized carbons (Fsp3) is 0.227. The lowest BCUT2D eigenvalue weighted by atomic mass is 10.0. The van der Waals surface area contributed by atoms with Crippen molar-refractivity contribution in [2.45, 2.75) is 19.8 Å². The summed E-state index contributed by atoms with van der Waals surface area (Å²) in [5.74, 6) is 0.689. The Morgan fingerprint density at radius 3 is 2.67 bits per heavy atom. The molecule has 1 amide bonds. The van der Waals surface area contributed by atoms with Gasteiger partial charge in [0.1, 0.15) is 29.2 Å². The number of rotatable bonds is 6. The molecular weight excluding hydrogens is 380 g/mol. The molecule has 0 radical (unpaired) electrons. The second-order valence-electron chi connectivity index (χ2n) is 7.17. The van der Waals surface area contributed by atoms with Crippen LogP contribution in [0.5, 0.6) is 5.75 Å². The van der Waals surface area contributed by atoms with Crippen molar-refractivity contribution in [2.75, 3.05) is 11.9 Å². The Balaban J connectivity index is 1.65. The molecule has 30 heavy (non-hydrogen) atoms. The van der Waals surface area contributed by atoms with E-state index < -0.39 is 0 Å². The van der Waals surface area contributed by atoms with E-state index in [0.717, 1.165) is 23.8 Å². The van der Waals surface area contributed by atoms with Crippen LogP contribution < -0.4 is 10.1 Å². The monoisotopic (exact) mass is 400 g/mol. The van der Waals surface area contributed by atoms with E-state index in [2.05, 4.69) is 30.7 Å². The molecular formula is C22H20N6O2. The molecule has 2 heterocycles. The van der Waals surface area contributed by atoms with Crippen LogP contribution in [0.3, 0.4) is 0 Å². The highest BCUT2D eigenvalue weighted by molar-refractivity contribution is 6.01. The fourth-order valence-corrected chi connectivity index (χ4v) is 3.42. The number of carbonyl (C=O) groups excluding carboxylic acids is 1. The summed E-state index contributed by atoms with van der Waals surface area (Å²) in [7, 11) is 0. The third-order valence-electron chi connectivity index (χ3n) is 5.06. The number of nitrogens with zero attached hydrogens (tertiary/aromatic N) is 4. The van der Waals surface area contributed by atoms with E-state index >= 15 is 0 Å². The highest BCUT2D eigenvalue weighted by atomic mass is 16.5. The first kappa shape index (κ1) is 18.2. The average Bonchev–Trinajstić information content (AvgIpc) is 3.52. The van der Waals surface area contributed by atoms with E-state index in [0.29, 0.717) is 40.6 Å². The second kappa shape index (κ2) is 7.55. The number of H-pyrrole nitrogens is 1. The standard InChI is InChI=1S/C22H20N6O2/c1-2-30-18-11-16-15(10-17(18)25-22(29)14-8-9-14)20(24-12-23-16)21-19(26-28-27-21)13-6-4-3-5-7-13/h3-7,10-12,14H,2,8-9H2,1H3,(H,25,29)(H,26,27,28). The maximum absolute atomic E-state index is 12.4. The number of fused-ring (bicyclic) bond motifs is 1. The Labute approximate surface area is 172 Å². The van der Waals surface area contributed by atoms with Gasteiger partial charge in [0.15, 0.2) is 0 Å². The minimum absolute atomic E-state index is 0.0140. The molecule has 0 unspecified atom stereocenters. The number of benzene rings is 2. The molecule has 2 N–H and O–H groups in total. The number of carbonyl (C=O) groups is 1. The molecule has 1 fully saturated rings. The van der Waals surface area contributed by atoms with Gasteiger partial charge in [-0.25, -0.2) is 9.97 Å². The molecule has 8 heteroatoms. The van der Waals surface area contributed by atoms with Crippen LogP contribution in [0.25, 0.3) is 33.5 Å². The van der Waals surface area contributed by atoms with E-state index in [9.17, 15) is 4.79 Å². The van der Waals surface area contributed by atoms with E-state index in [-0.39, 0.29) is 11.8 Å². The van der Waals surface area contributed by atoms with Crippen LogP contribution in [0, 0.1) is 5.92 Å². The van der Waals surface area contributed by atoms with Crippen molar-refractivity contribution in [3.05, 3.63) is 48.8 Å². The molecule has 4 aromatic rings. The first-order chi connectivity index (χ1) is 14.7. The van der Waals surface area contributed by atoms with E-state index in [1.54, 1.807) is 0 Å². The number of anilines is 1. The van der Waals surface area contributed by atoms with Crippen LogP contribution in [0.15, 0.2) is 48.8 Å². The molecule has 1 aliphatic carbocycles. The third kappa shape index (κ3) is 3.36. The summed E-state index contributed by atoms with van der Waals surface area (Å²) in [6, 6.07) is 13.5. The minimum atomic E-state index is 0.0140. The van der Waals surface area contributed by atoms with Crippen LogP contribution in [0.1, 0.15) is 19.8 Å². The van der Waals surface area contributed by atoms with Crippen molar-refractivity contribution >= 4 is 22.5 Å². The molecule has 1 aliphatic rings. The molecule has 150 valence electrons. The third-order valence-corrected chi connectivity index (χ3v) is 5.06. The highest BCUT2D eigenvalue weighted by Crippen LogP contribution is 2.37. The van der Waals surface area contributed by atoms with E-state index in [4.69, 9.17) is 4.74 Å². The van der Waals surface area contributed by atoms with Crippen molar-refractivity contribution in [3.8, 4) is 28.4 Å². The van der Waals surface area contributed by atoms with Gasteiger partial charge >= 0.3 is 0 Å². The van der Waals surface area contributed by atoms with Gasteiger partial charge < -0.3 is 10.1 Å². The molecule has 2 aromatic heterocycles. The molecule has 0 saturated heterocycles. The van der Waals surface area contributed by atoms with Gasteiger partial charge in [-0.3, -0.25) is 4.79 Å². The van der Waals surface area contributed by atoms with Gasteiger partial charge in [0.25, 0.3) is 0 Å². The van der Waals surface area contributed by atoms with Crippen molar-refractivity contribution < 1.29 is 9.53 Å². The second-order valence-corrected chi connectivity index (χ2v) is 7.17. The molecule has 0 spiro atoms. The zero-order valence-electron chi connectivity index (χ0n) is 16.4. The summed E-state index contributed by atoms with van der Waals surface area (Å²) < 4.78 is 5.76. The SMILES string of the molecule is CCOc1cc2ncnc(-c3n[nH]nc3-c3ccccc3)c2cc1NC(=O)C1CC1. The van der Waals surface area contributed by atoms with Crippen molar-refractivity contribution in [1.29, 1.82) is 0 Å². The van der Waals surface area contributed by atoms with Crippen molar-refractivity contribution in [2.24, 2.45) is 5.92 Å². The number of nitrogens with one attached hydrogen (secondary N) is 2. The maximum atomic E-state index is 12.4. The normalized spacial score (nSPS) is 13.4. The van der Waals surface area contributed by atoms with Crippen LogP contribution in [-0.4, -0.2) is 37.9 Å². The quantitative estimate of drug-likeness (QED) is 0.510. The van der Waals surface area contributed by atoms with Gasteiger partial charge in [0.05, 0.1) is 17.8 Å². The van der Waals surface area contributed by atoms with Crippen LogP contribution in [0.2, 0.25) is 0 Å². The number of amides is 1. The summed E-state index contributed by atoms with van der Waals surface area (Å²) in [6.45, 7) is 2.39. The Bertz CT molecular complexity index is 1220. The van der Waals surface area contributed by atoms with Gasteiger partial charge in [-0.05, 0) is 25.8 Å². The van der Waals surface area contributed by atoms with E-state index in [1.165, 1.54) is 6.33 Å². The summed E-state index contributed by atoms with van der Waals surface area (Å²) in [6.07, 6.45) is 3.35. The van der Waals surface area contributed by atoms with Gasteiger partial charge in [0, 0.05) is 22.9 Å². The van der Waals surface area contributed by atoms with Gasteiger partial charge in [-0.2, -0.15) is 15.4 Å². The Morgan fingerprint density at radius 1 is 1.10 bits per heavy atom. The lowest BCUT2D eigenvalue weighted by Crippen LogP contribution is -2.14. The van der Waals surface area contributed by atoms with Gasteiger partial charge in [-0.15, -0.1) is 0 Å². The Morgan fingerprint density at radius 2 is 1.90 bits per heavy atom. The summed E-state index contributed by atoms with van der Waals surface area (Å²) in [5, 5.41) is 15.2. The predicted octanol–water partition coefficient (Wildman–Crippen LogP) is 3.83. The van der Waals surface area contributed by atoms with Crippen LogP contribution in [0.4, 0.5) is 5.69 Å². The molecule has 8 nitrogen and oxygen atoms in total. The lowest BCUT2D eigenvalue weighted by Gasteiger charge is -2.14. The summed E-state index contributed by atoms with van der Waals surface area (Å²) >= 11 is 0. The number of ether oxygens (including phenoxy) is 1. The molecule has 0 aliphatic heterocycles. The summed E-state index contributed by atoms with van der Waals surface area (Å²) in [4.78, 5) is 21.3. The smallest absolute Gasteiger partial charge is 0.227 e. The highest BCUT2D eigenvalue weighted by Gasteiger charge is 2.30.